The van der Waals surface area contributed by atoms with Gasteiger partial charge >= 0.3 is 6.09 Å². The summed E-state index contributed by atoms with van der Waals surface area (Å²) in [6.45, 7) is 5.84. The van der Waals surface area contributed by atoms with Gasteiger partial charge < -0.3 is 29.9 Å². The average molecular weight is 551 g/mol. The van der Waals surface area contributed by atoms with Gasteiger partial charge in [-0.25, -0.2) is 9.78 Å². The lowest BCUT2D eigenvalue weighted by Gasteiger charge is -2.39. The molecule has 0 radical (unpaired) electrons. The third-order valence-electron chi connectivity index (χ3n) is 9.73. The molecule has 0 aromatic carbocycles. The Morgan fingerprint density at radius 1 is 1.35 bits per heavy atom. The fourth-order valence-corrected chi connectivity index (χ4v) is 7.73. The monoisotopic (exact) mass is 550 g/mol. The van der Waals surface area contributed by atoms with E-state index in [1.54, 1.807) is 23.2 Å². The molecule has 5 aliphatic rings. The third kappa shape index (κ3) is 3.45. The summed E-state index contributed by atoms with van der Waals surface area (Å²) < 4.78 is 10.9. The molecule has 1 unspecified atom stereocenters. The summed E-state index contributed by atoms with van der Waals surface area (Å²) in [6, 6.07) is 3.75. The number of fused-ring (bicyclic) bond motifs is 1. The van der Waals surface area contributed by atoms with Gasteiger partial charge in [-0.1, -0.05) is 27.2 Å². The summed E-state index contributed by atoms with van der Waals surface area (Å²) in [5.41, 5.74) is -3.58. The molecule has 4 amide bonds. The van der Waals surface area contributed by atoms with E-state index >= 15 is 0 Å². The molecule has 2 aliphatic carbocycles. The zero-order valence-electron chi connectivity index (χ0n) is 23.2. The van der Waals surface area contributed by atoms with Gasteiger partial charge in [-0.2, -0.15) is 5.26 Å². The maximum Gasteiger partial charge on any atom is 0.407 e. The van der Waals surface area contributed by atoms with Gasteiger partial charge in [0.15, 0.2) is 11.6 Å². The first kappa shape index (κ1) is 26.3. The van der Waals surface area contributed by atoms with Crippen LogP contribution in [-0.2, 0) is 19.1 Å². The number of carbonyl (C=O) groups excluding carboxylic acids is 4. The van der Waals surface area contributed by atoms with E-state index in [9.17, 15) is 24.4 Å². The molecule has 12 heteroatoms. The fraction of sp³-hybridized carbons (Fsp3) is 0.643. The molecule has 212 valence electrons. The van der Waals surface area contributed by atoms with E-state index in [1.165, 1.54) is 12.0 Å². The number of pyridine rings is 1. The summed E-state index contributed by atoms with van der Waals surface area (Å²) in [6.07, 6.45) is 4.01. The Bertz CT molecular complexity index is 1350. The quantitative estimate of drug-likeness (QED) is 0.578. The lowest BCUT2D eigenvalue weighted by molar-refractivity contribution is -0.150. The maximum atomic E-state index is 14.6. The number of hydrogen-bond donors (Lipinski definition) is 2. The molecule has 3 aliphatic heterocycles. The minimum Gasteiger partial charge on any atom is -0.472 e. The number of methoxy groups -OCH3 is 1. The van der Waals surface area contributed by atoms with Crippen molar-refractivity contribution in [3.8, 4) is 11.8 Å². The first-order chi connectivity index (χ1) is 18.9. The van der Waals surface area contributed by atoms with E-state index in [4.69, 9.17) is 9.47 Å². The van der Waals surface area contributed by atoms with Crippen LogP contribution in [0, 0.1) is 28.1 Å². The van der Waals surface area contributed by atoms with Crippen molar-refractivity contribution in [2.75, 3.05) is 25.5 Å². The van der Waals surface area contributed by atoms with Crippen LogP contribution in [0.3, 0.4) is 0 Å². The van der Waals surface area contributed by atoms with Gasteiger partial charge in [-0.05, 0) is 42.7 Å². The Labute approximate surface area is 232 Å². The zero-order chi connectivity index (χ0) is 28.7. The zero-order valence-corrected chi connectivity index (χ0v) is 23.2. The number of piperidine rings is 1. The number of rotatable bonds is 3. The topological polar surface area (TPSA) is 154 Å². The van der Waals surface area contributed by atoms with Crippen molar-refractivity contribution >= 4 is 29.6 Å². The lowest BCUT2D eigenvalue weighted by atomic mass is 9.85. The van der Waals surface area contributed by atoms with Crippen LogP contribution in [0.15, 0.2) is 18.3 Å². The van der Waals surface area contributed by atoms with Crippen molar-refractivity contribution in [2.24, 2.45) is 16.7 Å². The highest BCUT2D eigenvalue weighted by Crippen LogP contribution is 2.75. The SMILES string of the molecule is COC(=O)N[C@H](C(=O)N1C[C@@H]2CCC[C@@]23CC13C(=O)N1C[C@@]2(C[C@H]1C#N)Oc1cccnc1NC2=O)C(C)(C)C. The first-order valence-corrected chi connectivity index (χ1v) is 13.7. The molecule has 6 atom stereocenters. The summed E-state index contributed by atoms with van der Waals surface area (Å²) in [7, 11) is 1.24. The van der Waals surface area contributed by atoms with Crippen LogP contribution in [0.5, 0.6) is 5.75 Å². The van der Waals surface area contributed by atoms with Crippen molar-refractivity contribution < 1.29 is 28.7 Å². The third-order valence-corrected chi connectivity index (χ3v) is 9.73. The standard InChI is InChI=1S/C28H34N6O6/c1-25(2,3)19(31-24(38)39-4)21(35)34-13-16-7-5-9-26(16)14-28(26,34)23(37)33-15-27(11-17(33)12-29)22(36)32-20-18(40-27)8-6-10-30-20/h6,8,10,16-17,19H,5,7,9,11,13-15H2,1-4H3,(H,31,38)(H,30,32,36)/t16-,17-,19+,26+,27+,28?/m0/s1. The molecule has 1 aromatic heterocycles. The summed E-state index contributed by atoms with van der Waals surface area (Å²) >= 11 is 0. The predicted octanol–water partition coefficient (Wildman–Crippen LogP) is 1.82. The van der Waals surface area contributed by atoms with E-state index in [0.29, 0.717) is 24.5 Å². The molecule has 4 heterocycles. The number of amides is 4. The second-order valence-electron chi connectivity index (χ2n) is 12.8. The van der Waals surface area contributed by atoms with Crippen LogP contribution in [0.1, 0.15) is 52.9 Å². The molecule has 6 rings (SSSR count). The predicted molar refractivity (Wildman–Crippen MR) is 140 cm³/mol. The molecule has 12 nitrogen and oxygen atoms in total. The van der Waals surface area contributed by atoms with Gasteiger partial charge in [0.25, 0.3) is 5.91 Å². The van der Waals surface area contributed by atoms with Crippen molar-refractivity contribution in [1.29, 1.82) is 5.26 Å². The van der Waals surface area contributed by atoms with Gasteiger partial charge in [-0.15, -0.1) is 0 Å². The smallest absolute Gasteiger partial charge is 0.407 e. The summed E-state index contributed by atoms with van der Waals surface area (Å²) in [4.78, 5) is 61.5. The van der Waals surface area contributed by atoms with E-state index in [0.717, 1.165) is 19.3 Å². The van der Waals surface area contributed by atoms with Crippen LogP contribution in [0.4, 0.5) is 10.6 Å². The second kappa shape index (κ2) is 8.56. The van der Waals surface area contributed by atoms with Crippen LogP contribution in [0.25, 0.3) is 0 Å². The highest BCUT2D eigenvalue weighted by atomic mass is 16.5. The number of hydrogen-bond acceptors (Lipinski definition) is 8. The molecule has 2 N–H and O–H groups in total. The van der Waals surface area contributed by atoms with E-state index in [1.807, 2.05) is 20.8 Å². The largest absolute Gasteiger partial charge is 0.472 e. The number of nitrogens with zero attached hydrogens (tertiary/aromatic N) is 4. The lowest BCUT2D eigenvalue weighted by Crippen LogP contribution is -2.61. The molecular weight excluding hydrogens is 516 g/mol. The minimum atomic E-state index is -1.44. The fourth-order valence-electron chi connectivity index (χ4n) is 7.73. The average Bonchev–Trinajstić information content (AvgIpc) is 3.17. The van der Waals surface area contributed by atoms with Gasteiger partial charge in [0.2, 0.25) is 17.4 Å². The number of alkyl carbamates (subject to hydrolysis) is 1. The second-order valence-corrected chi connectivity index (χ2v) is 12.8. The number of ether oxygens (including phenoxy) is 2. The van der Waals surface area contributed by atoms with Gasteiger partial charge in [0.05, 0.1) is 19.7 Å². The highest BCUT2D eigenvalue weighted by molar-refractivity contribution is 6.03. The molecule has 0 bridgehead atoms. The Balaban J connectivity index is 1.34. The molecule has 40 heavy (non-hydrogen) atoms. The number of likely N-dealkylation sites (tertiary alicyclic amines) is 2. The number of carbonyl (C=O) groups is 4. The minimum absolute atomic E-state index is 0.00434. The Morgan fingerprint density at radius 3 is 2.83 bits per heavy atom. The molecular formula is C28H34N6O6. The van der Waals surface area contributed by atoms with Crippen LogP contribution >= 0.6 is 0 Å². The van der Waals surface area contributed by atoms with E-state index < -0.39 is 40.6 Å². The van der Waals surface area contributed by atoms with Crippen molar-refractivity contribution in [1.82, 2.24) is 20.1 Å². The van der Waals surface area contributed by atoms with E-state index in [2.05, 4.69) is 21.7 Å². The summed E-state index contributed by atoms with van der Waals surface area (Å²) in [5, 5.41) is 15.6. The number of anilines is 1. The first-order valence-electron chi connectivity index (χ1n) is 13.7. The normalized spacial score (nSPS) is 34.1. The van der Waals surface area contributed by atoms with Gasteiger partial charge in [-0.3, -0.25) is 14.4 Å². The number of nitrogens with one attached hydrogen (secondary N) is 2. The molecule has 4 fully saturated rings. The van der Waals surface area contributed by atoms with Crippen molar-refractivity contribution in [3.05, 3.63) is 18.3 Å². The molecule has 2 spiro atoms. The molecule has 1 aromatic rings. The van der Waals surface area contributed by atoms with Crippen molar-refractivity contribution in [3.63, 3.8) is 0 Å². The molecule has 2 saturated carbocycles. The number of aromatic nitrogens is 1. The van der Waals surface area contributed by atoms with Crippen LogP contribution < -0.4 is 15.4 Å². The Morgan fingerprint density at radius 2 is 2.12 bits per heavy atom. The molecule has 2 saturated heterocycles. The van der Waals surface area contributed by atoms with Crippen LogP contribution in [-0.4, -0.2) is 82.0 Å². The summed E-state index contributed by atoms with van der Waals surface area (Å²) in [5.74, 6) is -0.290. The Hall–Kier alpha value is -3.88. The van der Waals surface area contributed by atoms with Crippen LogP contribution in [0.2, 0.25) is 0 Å². The van der Waals surface area contributed by atoms with Crippen molar-refractivity contribution in [2.45, 2.75) is 76.1 Å². The maximum absolute atomic E-state index is 14.6. The highest BCUT2D eigenvalue weighted by Gasteiger charge is 2.84. The Kier molecular flexibility index (Phi) is 5.64. The van der Waals surface area contributed by atoms with E-state index in [-0.39, 0.29) is 36.1 Å². The number of nitriles is 1. The van der Waals surface area contributed by atoms with Gasteiger partial charge in [0, 0.05) is 24.6 Å². The van der Waals surface area contributed by atoms with Gasteiger partial charge in [0.1, 0.15) is 17.6 Å².